The van der Waals surface area contributed by atoms with Crippen LogP contribution in [0.4, 0.5) is 0 Å². The maximum Gasteiger partial charge on any atom is 0.102 e. The van der Waals surface area contributed by atoms with E-state index in [4.69, 9.17) is 5.11 Å². The Kier molecular flexibility index (Phi) is 2.84. The van der Waals surface area contributed by atoms with E-state index >= 15 is 0 Å². The molecule has 1 unspecified atom stereocenters. The van der Waals surface area contributed by atoms with E-state index in [0.29, 0.717) is 0 Å². The van der Waals surface area contributed by atoms with Crippen LogP contribution in [0.2, 0.25) is 0 Å². The molecule has 0 aliphatic rings. The molecule has 2 N–H and O–H groups in total. The molecule has 1 aromatic carbocycles. The molecule has 0 heterocycles. The lowest BCUT2D eigenvalue weighted by Gasteiger charge is -2.09. The molecule has 0 aliphatic carbocycles. The predicted molar refractivity (Wildman–Crippen MR) is 48.0 cm³/mol. The first-order valence-corrected chi connectivity index (χ1v) is 4.00. The SMILES string of the molecule is Cc1cc(C)cc(C(O)CO)c1. The summed E-state index contributed by atoms with van der Waals surface area (Å²) < 4.78 is 0. The van der Waals surface area contributed by atoms with Gasteiger partial charge in [-0.2, -0.15) is 0 Å². The monoisotopic (exact) mass is 166 g/mol. The van der Waals surface area contributed by atoms with E-state index in [1.807, 2.05) is 32.0 Å². The van der Waals surface area contributed by atoms with Crippen LogP contribution < -0.4 is 0 Å². The molecule has 66 valence electrons. The number of aliphatic hydroxyl groups is 2. The predicted octanol–water partition coefficient (Wildman–Crippen LogP) is 1.33. The molecule has 1 atom stereocenters. The largest absolute Gasteiger partial charge is 0.393 e. The minimum absolute atomic E-state index is 0.219. The van der Waals surface area contributed by atoms with Gasteiger partial charge >= 0.3 is 0 Å². The number of rotatable bonds is 2. The number of aryl methyl sites for hydroxylation is 2. The first-order valence-electron chi connectivity index (χ1n) is 4.00. The Morgan fingerprint density at radius 3 is 2.08 bits per heavy atom. The molecule has 1 aromatic rings. The highest BCUT2D eigenvalue weighted by atomic mass is 16.3. The molecule has 0 aromatic heterocycles. The summed E-state index contributed by atoms with van der Waals surface area (Å²) in [5.41, 5.74) is 3.00. The van der Waals surface area contributed by atoms with Crippen LogP contribution in [0.25, 0.3) is 0 Å². The quantitative estimate of drug-likeness (QED) is 0.695. The third-order valence-electron chi connectivity index (χ3n) is 1.80. The Morgan fingerprint density at radius 1 is 1.17 bits per heavy atom. The molecule has 1 rings (SSSR count). The third-order valence-corrected chi connectivity index (χ3v) is 1.80. The van der Waals surface area contributed by atoms with E-state index in [9.17, 15) is 5.11 Å². The summed E-state index contributed by atoms with van der Waals surface area (Å²) in [6, 6.07) is 5.80. The second-order valence-corrected chi connectivity index (χ2v) is 3.12. The van der Waals surface area contributed by atoms with Gasteiger partial charge in [0.1, 0.15) is 6.10 Å². The lowest BCUT2D eigenvalue weighted by molar-refractivity contribution is 0.0955. The van der Waals surface area contributed by atoms with Gasteiger partial charge in [0.05, 0.1) is 6.61 Å². The van der Waals surface area contributed by atoms with Crippen molar-refractivity contribution in [2.24, 2.45) is 0 Å². The van der Waals surface area contributed by atoms with Gasteiger partial charge in [0, 0.05) is 0 Å². The van der Waals surface area contributed by atoms with Gasteiger partial charge in [-0.1, -0.05) is 29.3 Å². The van der Waals surface area contributed by atoms with Gasteiger partial charge in [0.2, 0.25) is 0 Å². The number of aliphatic hydroxyl groups excluding tert-OH is 2. The van der Waals surface area contributed by atoms with Crippen LogP contribution in [-0.2, 0) is 0 Å². The molecule has 0 radical (unpaired) electrons. The van der Waals surface area contributed by atoms with Gasteiger partial charge in [-0.3, -0.25) is 0 Å². The van der Waals surface area contributed by atoms with Crippen molar-refractivity contribution in [1.29, 1.82) is 0 Å². The number of hydrogen-bond donors (Lipinski definition) is 2. The first kappa shape index (κ1) is 9.23. The van der Waals surface area contributed by atoms with E-state index in [1.54, 1.807) is 0 Å². The zero-order chi connectivity index (χ0) is 9.14. The van der Waals surface area contributed by atoms with Crippen molar-refractivity contribution in [2.45, 2.75) is 20.0 Å². The highest BCUT2D eigenvalue weighted by molar-refractivity contribution is 5.29. The van der Waals surface area contributed by atoms with Crippen molar-refractivity contribution in [3.8, 4) is 0 Å². The highest BCUT2D eigenvalue weighted by Gasteiger charge is 2.05. The van der Waals surface area contributed by atoms with Gasteiger partial charge in [0.15, 0.2) is 0 Å². The van der Waals surface area contributed by atoms with Crippen molar-refractivity contribution >= 4 is 0 Å². The minimum atomic E-state index is -0.747. The van der Waals surface area contributed by atoms with Crippen LogP contribution >= 0.6 is 0 Å². The summed E-state index contributed by atoms with van der Waals surface area (Å²) in [5, 5.41) is 18.0. The average molecular weight is 166 g/mol. The molecule has 0 saturated heterocycles. The summed E-state index contributed by atoms with van der Waals surface area (Å²) in [6.45, 7) is 3.73. The molecule has 0 fully saturated rings. The smallest absolute Gasteiger partial charge is 0.102 e. The van der Waals surface area contributed by atoms with E-state index in [2.05, 4.69) is 0 Å². The van der Waals surface area contributed by atoms with Crippen LogP contribution in [0.15, 0.2) is 18.2 Å². The minimum Gasteiger partial charge on any atom is -0.393 e. The molecule has 0 saturated carbocycles. The van der Waals surface area contributed by atoms with Crippen molar-refractivity contribution in [2.75, 3.05) is 6.61 Å². The van der Waals surface area contributed by atoms with Gasteiger partial charge < -0.3 is 10.2 Å². The lowest BCUT2D eigenvalue weighted by atomic mass is 10.0. The molecule has 0 amide bonds. The second kappa shape index (κ2) is 3.70. The Labute approximate surface area is 72.5 Å². The zero-order valence-electron chi connectivity index (χ0n) is 7.41. The zero-order valence-corrected chi connectivity index (χ0v) is 7.41. The molecule has 0 aliphatic heterocycles. The first-order chi connectivity index (χ1) is 5.63. The fraction of sp³-hybridized carbons (Fsp3) is 0.400. The highest BCUT2D eigenvalue weighted by Crippen LogP contribution is 2.15. The van der Waals surface area contributed by atoms with Crippen molar-refractivity contribution in [3.05, 3.63) is 34.9 Å². The van der Waals surface area contributed by atoms with Crippen LogP contribution in [0.1, 0.15) is 22.8 Å². The summed E-state index contributed by atoms with van der Waals surface area (Å²) in [6.07, 6.45) is -0.747. The standard InChI is InChI=1S/C10H14O2/c1-7-3-8(2)5-9(4-7)10(12)6-11/h3-5,10-12H,6H2,1-2H3. The Balaban J connectivity index is 3.00. The average Bonchev–Trinajstić information content (AvgIpc) is 2.01. The van der Waals surface area contributed by atoms with Gasteiger partial charge in [-0.15, -0.1) is 0 Å². The van der Waals surface area contributed by atoms with E-state index in [-0.39, 0.29) is 6.61 Å². The maximum atomic E-state index is 9.33. The van der Waals surface area contributed by atoms with Crippen LogP contribution in [-0.4, -0.2) is 16.8 Å². The topological polar surface area (TPSA) is 40.5 Å². The van der Waals surface area contributed by atoms with Gasteiger partial charge in [0.25, 0.3) is 0 Å². The Bertz CT molecular complexity index is 248. The molecule has 0 bridgehead atoms. The van der Waals surface area contributed by atoms with E-state index in [0.717, 1.165) is 16.7 Å². The summed E-state index contributed by atoms with van der Waals surface area (Å²) >= 11 is 0. The van der Waals surface area contributed by atoms with Gasteiger partial charge in [-0.05, 0) is 19.4 Å². The third kappa shape index (κ3) is 2.06. The molecular weight excluding hydrogens is 152 g/mol. The molecular formula is C10H14O2. The van der Waals surface area contributed by atoms with Crippen molar-refractivity contribution in [1.82, 2.24) is 0 Å². The molecule has 12 heavy (non-hydrogen) atoms. The second-order valence-electron chi connectivity index (χ2n) is 3.12. The molecule has 0 spiro atoms. The van der Waals surface area contributed by atoms with E-state index < -0.39 is 6.10 Å². The summed E-state index contributed by atoms with van der Waals surface area (Å²) in [5.74, 6) is 0. The van der Waals surface area contributed by atoms with Crippen LogP contribution in [0.3, 0.4) is 0 Å². The van der Waals surface area contributed by atoms with Gasteiger partial charge in [-0.25, -0.2) is 0 Å². The Morgan fingerprint density at radius 2 is 1.67 bits per heavy atom. The summed E-state index contributed by atoms with van der Waals surface area (Å²) in [4.78, 5) is 0. The van der Waals surface area contributed by atoms with Crippen LogP contribution in [0, 0.1) is 13.8 Å². The number of hydrogen-bond acceptors (Lipinski definition) is 2. The molecule has 2 nitrogen and oxygen atoms in total. The van der Waals surface area contributed by atoms with Crippen LogP contribution in [0.5, 0.6) is 0 Å². The fourth-order valence-corrected chi connectivity index (χ4v) is 1.31. The lowest BCUT2D eigenvalue weighted by Crippen LogP contribution is -2.02. The fourth-order valence-electron chi connectivity index (χ4n) is 1.31. The molecule has 2 heteroatoms. The normalized spacial score (nSPS) is 13.0. The number of benzene rings is 1. The van der Waals surface area contributed by atoms with E-state index in [1.165, 1.54) is 0 Å². The maximum absolute atomic E-state index is 9.33. The van der Waals surface area contributed by atoms with Crippen molar-refractivity contribution < 1.29 is 10.2 Å². The van der Waals surface area contributed by atoms with Crippen molar-refractivity contribution in [3.63, 3.8) is 0 Å². The summed E-state index contributed by atoms with van der Waals surface area (Å²) in [7, 11) is 0. The Hall–Kier alpha value is -0.860.